The Hall–Kier alpha value is -2.75. The summed E-state index contributed by atoms with van der Waals surface area (Å²) >= 11 is 7.58. The second kappa shape index (κ2) is 9.01. The Morgan fingerprint density at radius 2 is 1.97 bits per heavy atom. The molecule has 1 amide bonds. The summed E-state index contributed by atoms with van der Waals surface area (Å²) in [7, 11) is -3.39. The molecule has 1 aromatic heterocycles. The van der Waals surface area contributed by atoms with Crippen molar-refractivity contribution in [2.75, 3.05) is 10.5 Å². The molecule has 3 aromatic rings. The van der Waals surface area contributed by atoms with Crippen molar-refractivity contribution in [1.29, 1.82) is 0 Å². The van der Waals surface area contributed by atoms with Gasteiger partial charge in [0.05, 0.1) is 22.4 Å². The minimum atomic E-state index is -3.39. The smallest absolute Gasteiger partial charge is 0.284 e. The van der Waals surface area contributed by atoms with E-state index in [1.165, 1.54) is 28.5 Å². The number of benzene rings is 2. The molecule has 2 aromatic carbocycles. The highest BCUT2D eigenvalue weighted by atomic mass is 35.5. The van der Waals surface area contributed by atoms with Crippen molar-refractivity contribution in [2.45, 2.75) is 19.4 Å². The highest BCUT2D eigenvalue weighted by Gasteiger charge is 2.36. The lowest BCUT2D eigenvalue weighted by atomic mass is 9.97. The van der Waals surface area contributed by atoms with Gasteiger partial charge in [-0.15, -0.1) is 11.3 Å². The fraction of sp³-hybridized carbons (Fsp3) is 0.182. The van der Waals surface area contributed by atoms with Crippen molar-refractivity contribution < 1.29 is 17.6 Å². The molecule has 0 bridgehead atoms. The number of nitrogens with one attached hydrogen (secondary N) is 1. The third-order valence-electron chi connectivity index (χ3n) is 5.05. The zero-order chi connectivity index (χ0) is 22.9. The van der Waals surface area contributed by atoms with Gasteiger partial charge in [0.2, 0.25) is 10.0 Å². The van der Waals surface area contributed by atoms with Crippen LogP contribution in [0.5, 0.6) is 0 Å². The van der Waals surface area contributed by atoms with E-state index < -0.39 is 21.9 Å². The Morgan fingerprint density at radius 3 is 2.59 bits per heavy atom. The molecule has 0 fully saturated rings. The van der Waals surface area contributed by atoms with Gasteiger partial charge in [0.25, 0.3) is 5.91 Å². The Labute approximate surface area is 194 Å². The zero-order valence-electron chi connectivity index (χ0n) is 17.0. The third kappa shape index (κ3) is 4.55. The van der Waals surface area contributed by atoms with Crippen LogP contribution in [0.1, 0.15) is 40.2 Å². The number of amides is 1. The topological polar surface area (TPSA) is 78.8 Å². The molecule has 4 rings (SSSR count). The standard InChI is InChI=1S/C22H19ClFN3O3S2/c1-2-32(29,30)26-15-10-8-14(9-11-15)18-13-19(21-16(23)5-3-6-17(21)24)27(25-18)22(28)20-7-4-12-31-20/h3-12,19,26H,2,13H2,1H3. The first-order valence-corrected chi connectivity index (χ1v) is 12.7. The van der Waals surface area contributed by atoms with Crippen LogP contribution in [0.15, 0.2) is 65.1 Å². The van der Waals surface area contributed by atoms with Crippen LogP contribution in [0.2, 0.25) is 5.02 Å². The Balaban J connectivity index is 1.69. The van der Waals surface area contributed by atoms with Crippen LogP contribution in [0.3, 0.4) is 0 Å². The molecule has 1 unspecified atom stereocenters. The summed E-state index contributed by atoms with van der Waals surface area (Å²) < 4.78 is 40.8. The molecule has 0 saturated heterocycles. The van der Waals surface area contributed by atoms with Crippen LogP contribution in [-0.4, -0.2) is 30.8 Å². The van der Waals surface area contributed by atoms with Crippen LogP contribution in [-0.2, 0) is 10.0 Å². The molecule has 0 saturated carbocycles. The minimum absolute atomic E-state index is 0.0354. The van der Waals surface area contributed by atoms with E-state index in [9.17, 15) is 17.6 Å². The second-order valence-electron chi connectivity index (χ2n) is 7.11. The number of anilines is 1. The largest absolute Gasteiger partial charge is 0.284 e. The van der Waals surface area contributed by atoms with Gasteiger partial charge in [-0.2, -0.15) is 5.10 Å². The van der Waals surface area contributed by atoms with E-state index in [1.807, 2.05) is 0 Å². The lowest BCUT2D eigenvalue weighted by Gasteiger charge is -2.22. The van der Waals surface area contributed by atoms with Crippen molar-refractivity contribution >= 4 is 50.3 Å². The van der Waals surface area contributed by atoms with E-state index in [-0.39, 0.29) is 28.7 Å². The molecular weight excluding hydrogens is 473 g/mol. The SMILES string of the molecule is CCS(=O)(=O)Nc1ccc(C2=NN(C(=O)c3cccs3)C(c3c(F)cccc3Cl)C2)cc1. The average molecular weight is 492 g/mol. The first kappa shape index (κ1) is 22.4. The van der Waals surface area contributed by atoms with Gasteiger partial charge < -0.3 is 0 Å². The first-order chi connectivity index (χ1) is 15.3. The van der Waals surface area contributed by atoms with E-state index in [0.717, 1.165) is 0 Å². The van der Waals surface area contributed by atoms with Gasteiger partial charge in [0, 0.05) is 22.7 Å². The summed E-state index contributed by atoms with van der Waals surface area (Å²) in [4.78, 5) is 13.6. The number of rotatable bonds is 6. The highest BCUT2D eigenvalue weighted by Crippen LogP contribution is 2.39. The summed E-state index contributed by atoms with van der Waals surface area (Å²) in [6.45, 7) is 1.55. The molecule has 32 heavy (non-hydrogen) atoms. The second-order valence-corrected chi connectivity index (χ2v) is 10.5. The predicted octanol–water partition coefficient (Wildman–Crippen LogP) is 5.29. The summed E-state index contributed by atoms with van der Waals surface area (Å²) in [6.07, 6.45) is 0.262. The van der Waals surface area contributed by atoms with Gasteiger partial charge in [-0.25, -0.2) is 17.8 Å². The number of hydrazone groups is 1. The Bertz CT molecular complexity index is 1260. The molecule has 1 aliphatic rings. The molecular formula is C22H19ClFN3O3S2. The number of halogens is 2. The molecule has 0 radical (unpaired) electrons. The summed E-state index contributed by atoms with van der Waals surface area (Å²) in [5.74, 6) is -0.884. The molecule has 0 spiro atoms. The molecule has 6 nitrogen and oxygen atoms in total. The maximum atomic E-state index is 14.7. The molecule has 0 aliphatic carbocycles. The molecule has 1 atom stereocenters. The quantitative estimate of drug-likeness (QED) is 0.508. The maximum absolute atomic E-state index is 14.7. The lowest BCUT2D eigenvalue weighted by Crippen LogP contribution is -2.27. The number of hydrogen-bond acceptors (Lipinski definition) is 5. The van der Waals surface area contributed by atoms with Crippen molar-refractivity contribution in [3.63, 3.8) is 0 Å². The molecule has 1 N–H and O–H groups in total. The van der Waals surface area contributed by atoms with E-state index in [4.69, 9.17) is 11.6 Å². The Kier molecular flexibility index (Phi) is 6.32. The summed E-state index contributed by atoms with van der Waals surface area (Å²) in [5, 5.41) is 7.80. The Morgan fingerprint density at radius 1 is 1.22 bits per heavy atom. The van der Waals surface area contributed by atoms with Gasteiger partial charge >= 0.3 is 0 Å². The van der Waals surface area contributed by atoms with Gasteiger partial charge in [-0.3, -0.25) is 9.52 Å². The van der Waals surface area contributed by atoms with E-state index in [0.29, 0.717) is 21.8 Å². The van der Waals surface area contributed by atoms with Crippen molar-refractivity contribution in [1.82, 2.24) is 5.01 Å². The first-order valence-electron chi connectivity index (χ1n) is 9.78. The van der Waals surface area contributed by atoms with E-state index >= 15 is 0 Å². The predicted molar refractivity (Wildman–Crippen MR) is 125 cm³/mol. The van der Waals surface area contributed by atoms with Crippen LogP contribution >= 0.6 is 22.9 Å². The molecule has 10 heteroatoms. The van der Waals surface area contributed by atoms with Gasteiger partial charge in [-0.05, 0) is 48.2 Å². The zero-order valence-corrected chi connectivity index (χ0v) is 19.3. The fourth-order valence-electron chi connectivity index (χ4n) is 3.42. The van der Waals surface area contributed by atoms with Crippen LogP contribution in [0, 0.1) is 5.82 Å². The number of carbonyl (C=O) groups is 1. The number of sulfonamides is 1. The molecule has 1 aliphatic heterocycles. The average Bonchev–Trinajstić information content (AvgIpc) is 3.44. The van der Waals surface area contributed by atoms with Crippen molar-refractivity contribution in [2.24, 2.45) is 5.10 Å². The van der Waals surface area contributed by atoms with Gasteiger partial charge in [0.15, 0.2) is 0 Å². The summed E-state index contributed by atoms with van der Waals surface area (Å²) in [5.41, 5.74) is 1.91. The number of carbonyl (C=O) groups excluding carboxylic acids is 1. The lowest BCUT2D eigenvalue weighted by molar-refractivity contribution is 0.0714. The van der Waals surface area contributed by atoms with E-state index in [1.54, 1.807) is 54.8 Å². The van der Waals surface area contributed by atoms with Crippen LogP contribution in [0.4, 0.5) is 10.1 Å². The molecule has 2 heterocycles. The van der Waals surface area contributed by atoms with Gasteiger partial charge in [-0.1, -0.05) is 35.9 Å². The summed E-state index contributed by atoms with van der Waals surface area (Å²) in [6, 6.07) is 13.8. The maximum Gasteiger partial charge on any atom is 0.284 e. The van der Waals surface area contributed by atoms with E-state index in [2.05, 4.69) is 9.82 Å². The van der Waals surface area contributed by atoms with Gasteiger partial charge in [0.1, 0.15) is 5.82 Å². The highest BCUT2D eigenvalue weighted by molar-refractivity contribution is 7.92. The molecule has 166 valence electrons. The number of thiophene rings is 1. The monoisotopic (exact) mass is 491 g/mol. The number of nitrogens with zero attached hydrogens (tertiary/aromatic N) is 2. The number of hydrogen-bond donors (Lipinski definition) is 1. The van der Waals surface area contributed by atoms with Crippen molar-refractivity contribution in [3.05, 3.63) is 86.8 Å². The normalized spacial score (nSPS) is 16.2. The van der Waals surface area contributed by atoms with Crippen molar-refractivity contribution in [3.8, 4) is 0 Å². The van der Waals surface area contributed by atoms with Crippen LogP contribution < -0.4 is 4.72 Å². The van der Waals surface area contributed by atoms with Crippen LogP contribution in [0.25, 0.3) is 0 Å². The third-order valence-corrected chi connectivity index (χ3v) is 7.55. The minimum Gasteiger partial charge on any atom is -0.284 e. The fourth-order valence-corrected chi connectivity index (χ4v) is 5.01.